The first-order chi connectivity index (χ1) is 9.74. The number of piperidine rings is 1. The van der Waals surface area contributed by atoms with Gasteiger partial charge in [-0.2, -0.15) is 0 Å². The maximum absolute atomic E-state index is 5.97. The predicted octanol–water partition coefficient (Wildman–Crippen LogP) is 3.09. The van der Waals surface area contributed by atoms with E-state index in [9.17, 15) is 0 Å². The molecule has 2 fully saturated rings. The molecular weight excluding hydrogens is 314 g/mol. The van der Waals surface area contributed by atoms with Crippen LogP contribution in [0, 0.1) is 0 Å². The zero-order valence-corrected chi connectivity index (χ0v) is 13.6. The molecule has 1 aromatic carbocycles. The van der Waals surface area contributed by atoms with Gasteiger partial charge in [0, 0.05) is 35.8 Å². The number of halogens is 1. The van der Waals surface area contributed by atoms with E-state index in [2.05, 4.69) is 31.8 Å². The summed E-state index contributed by atoms with van der Waals surface area (Å²) in [6.45, 7) is 6.04. The van der Waals surface area contributed by atoms with Crippen molar-refractivity contribution in [2.45, 2.75) is 38.3 Å². The summed E-state index contributed by atoms with van der Waals surface area (Å²) in [6, 6.07) is 6.95. The van der Waals surface area contributed by atoms with Crippen molar-refractivity contribution < 1.29 is 0 Å². The van der Waals surface area contributed by atoms with Crippen LogP contribution in [0.3, 0.4) is 0 Å². The third kappa shape index (κ3) is 3.18. The van der Waals surface area contributed by atoms with Gasteiger partial charge in [-0.25, -0.2) is 0 Å². The number of nitrogen functional groups attached to an aromatic ring is 1. The van der Waals surface area contributed by atoms with Gasteiger partial charge in [-0.1, -0.05) is 18.6 Å². The number of nitrogens with two attached hydrogens (primary N) is 1. The lowest BCUT2D eigenvalue weighted by Crippen LogP contribution is -2.40. The Balaban J connectivity index is 1.58. The molecule has 2 aliphatic heterocycles. The first-order valence-corrected chi connectivity index (χ1v) is 8.52. The molecule has 20 heavy (non-hydrogen) atoms. The third-order valence-electron chi connectivity index (χ3n) is 4.66. The van der Waals surface area contributed by atoms with Crippen molar-refractivity contribution in [3.63, 3.8) is 0 Å². The molecule has 0 aliphatic carbocycles. The first kappa shape index (κ1) is 14.4. The van der Waals surface area contributed by atoms with E-state index in [4.69, 9.17) is 5.73 Å². The number of rotatable bonds is 3. The zero-order valence-electron chi connectivity index (χ0n) is 12.0. The Morgan fingerprint density at radius 3 is 2.75 bits per heavy atom. The fourth-order valence-electron chi connectivity index (χ4n) is 3.50. The highest BCUT2D eigenvalue weighted by Gasteiger charge is 2.28. The minimum atomic E-state index is 0.773. The first-order valence-electron chi connectivity index (χ1n) is 7.73. The highest BCUT2D eigenvalue weighted by atomic mass is 79.9. The van der Waals surface area contributed by atoms with Gasteiger partial charge in [0.1, 0.15) is 0 Å². The van der Waals surface area contributed by atoms with E-state index in [0.717, 1.165) is 22.7 Å². The lowest BCUT2D eigenvalue weighted by atomic mass is 10.1. The third-order valence-corrected chi connectivity index (χ3v) is 5.62. The molecule has 0 radical (unpaired) electrons. The van der Waals surface area contributed by atoms with Crippen LogP contribution in [0.5, 0.6) is 0 Å². The van der Waals surface area contributed by atoms with Crippen molar-refractivity contribution in [2.75, 3.05) is 31.9 Å². The number of hydrogen-bond donors (Lipinski definition) is 1. The molecule has 0 spiro atoms. The molecule has 110 valence electrons. The van der Waals surface area contributed by atoms with Crippen LogP contribution in [0.15, 0.2) is 22.7 Å². The van der Waals surface area contributed by atoms with Crippen LogP contribution in [0.1, 0.15) is 31.2 Å². The van der Waals surface area contributed by atoms with Gasteiger partial charge in [0.15, 0.2) is 0 Å². The summed E-state index contributed by atoms with van der Waals surface area (Å²) in [5.41, 5.74) is 8.12. The van der Waals surface area contributed by atoms with Crippen LogP contribution in [0.25, 0.3) is 0 Å². The Kier molecular flexibility index (Phi) is 4.64. The van der Waals surface area contributed by atoms with Gasteiger partial charge in [-0.05, 0) is 59.9 Å². The number of benzene rings is 1. The van der Waals surface area contributed by atoms with Gasteiger partial charge < -0.3 is 5.73 Å². The fourth-order valence-corrected chi connectivity index (χ4v) is 3.89. The van der Waals surface area contributed by atoms with Crippen molar-refractivity contribution in [3.05, 3.63) is 28.2 Å². The van der Waals surface area contributed by atoms with Crippen molar-refractivity contribution in [1.82, 2.24) is 9.80 Å². The summed E-state index contributed by atoms with van der Waals surface area (Å²) in [4.78, 5) is 5.27. The molecule has 1 atom stereocenters. The highest BCUT2D eigenvalue weighted by Crippen LogP contribution is 2.27. The number of likely N-dealkylation sites (tertiary alicyclic amines) is 2. The summed E-state index contributed by atoms with van der Waals surface area (Å²) in [6.07, 6.45) is 5.51. The summed E-state index contributed by atoms with van der Waals surface area (Å²) in [5.74, 6) is 0. The molecule has 3 nitrogen and oxygen atoms in total. The highest BCUT2D eigenvalue weighted by molar-refractivity contribution is 9.10. The maximum atomic E-state index is 5.97. The number of anilines is 1. The molecule has 3 rings (SSSR count). The smallest absolute Gasteiger partial charge is 0.0461 e. The molecule has 2 N–H and O–H groups in total. The lowest BCUT2D eigenvalue weighted by Gasteiger charge is -2.32. The molecule has 1 aromatic rings. The summed E-state index contributed by atoms with van der Waals surface area (Å²) >= 11 is 3.62. The predicted molar refractivity (Wildman–Crippen MR) is 87.7 cm³/mol. The van der Waals surface area contributed by atoms with Crippen LogP contribution in [-0.4, -0.2) is 42.0 Å². The molecule has 2 heterocycles. The number of hydrogen-bond acceptors (Lipinski definition) is 3. The molecule has 4 heteroatoms. The quantitative estimate of drug-likeness (QED) is 0.860. The summed E-state index contributed by atoms with van der Waals surface area (Å²) in [5, 5.41) is 0. The second kappa shape index (κ2) is 6.46. The Morgan fingerprint density at radius 1 is 1.15 bits per heavy atom. The maximum Gasteiger partial charge on any atom is 0.0461 e. The Labute approximate surface area is 130 Å². The normalized spacial score (nSPS) is 25.1. The van der Waals surface area contributed by atoms with Gasteiger partial charge in [-0.15, -0.1) is 0 Å². The van der Waals surface area contributed by atoms with Crippen molar-refractivity contribution in [3.8, 4) is 0 Å². The second-order valence-electron chi connectivity index (χ2n) is 6.09. The van der Waals surface area contributed by atoms with Gasteiger partial charge in [0.25, 0.3) is 0 Å². The van der Waals surface area contributed by atoms with Gasteiger partial charge >= 0.3 is 0 Å². The van der Waals surface area contributed by atoms with E-state index in [1.54, 1.807) is 0 Å². The van der Waals surface area contributed by atoms with Gasteiger partial charge in [0.2, 0.25) is 0 Å². The Hall–Kier alpha value is -0.580. The average molecular weight is 338 g/mol. The molecule has 2 aliphatic rings. The topological polar surface area (TPSA) is 32.5 Å². The van der Waals surface area contributed by atoms with E-state index in [1.807, 2.05) is 12.1 Å². The fraction of sp³-hybridized carbons (Fsp3) is 0.625. The zero-order chi connectivity index (χ0) is 13.9. The van der Waals surface area contributed by atoms with E-state index in [-0.39, 0.29) is 0 Å². The molecule has 0 bridgehead atoms. The molecule has 0 aromatic heterocycles. The molecule has 0 saturated carbocycles. The van der Waals surface area contributed by atoms with Crippen LogP contribution < -0.4 is 5.73 Å². The van der Waals surface area contributed by atoms with Crippen molar-refractivity contribution in [2.24, 2.45) is 0 Å². The molecule has 1 unspecified atom stereocenters. The van der Waals surface area contributed by atoms with Crippen LogP contribution in [-0.2, 0) is 6.54 Å². The number of nitrogens with zero attached hydrogens (tertiary/aromatic N) is 2. The van der Waals surface area contributed by atoms with E-state index in [0.29, 0.717) is 0 Å². The minimum Gasteiger partial charge on any atom is -0.398 e. The summed E-state index contributed by atoms with van der Waals surface area (Å²) < 4.78 is 1.07. The SMILES string of the molecule is Nc1cccc(CN2CCC(N3CCCCC3)C2)c1Br. The Morgan fingerprint density at radius 2 is 1.95 bits per heavy atom. The van der Waals surface area contributed by atoms with Gasteiger partial charge in [0.05, 0.1) is 0 Å². The monoisotopic (exact) mass is 337 g/mol. The second-order valence-corrected chi connectivity index (χ2v) is 6.89. The largest absolute Gasteiger partial charge is 0.398 e. The molecule has 2 saturated heterocycles. The van der Waals surface area contributed by atoms with E-state index >= 15 is 0 Å². The molecule has 0 amide bonds. The van der Waals surface area contributed by atoms with Crippen LogP contribution >= 0.6 is 15.9 Å². The lowest BCUT2D eigenvalue weighted by molar-refractivity contribution is 0.161. The minimum absolute atomic E-state index is 0.773. The van der Waals surface area contributed by atoms with Gasteiger partial charge in [-0.3, -0.25) is 9.80 Å². The molecular formula is C16H24BrN3. The van der Waals surface area contributed by atoms with E-state index in [1.165, 1.54) is 57.4 Å². The standard InChI is InChI=1S/C16H24BrN3/c17-16-13(5-4-6-15(16)18)11-19-10-7-14(12-19)20-8-2-1-3-9-20/h4-6,14H,1-3,7-12,18H2. The van der Waals surface area contributed by atoms with Crippen molar-refractivity contribution >= 4 is 21.6 Å². The van der Waals surface area contributed by atoms with E-state index < -0.39 is 0 Å². The van der Waals surface area contributed by atoms with Crippen molar-refractivity contribution in [1.29, 1.82) is 0 Å². The van der Waals surface area contributed by atoms with Crippen LogP contribution in [0.4, 0.5) is 5.69 Å². The summed E-state index contributed by atoms with van der Waals surface area (Å²) in [7, 11) is 0. The Bertz CT molecular complexity index is 457. The van der Waals surface area contributed by atoms with Crippen LogP contribution in [0.2, 0.25) is 0 Å². The average Bonchev–Trinajstić information content (AvgIpc) is 2.93.